The zero-order chi connectivity index (χ0) is 22.7. The van der Waals surface area contributed by atoms with Gasteiger partial charge in [-0.05, 0) is 43.8 Å². The van der Waals surface area contributed by atoms with Gasteiger partial charge in [0, 0.05) is 18.7 Å². The number of nitrogens with zero attached hydrogens (tertiary/aromatic N) is 2. The zero-order valence-corrected chi connectivity index (χ0v) is 18.9. The normalized spacial score (nSPS) is 18.2. The highest BCUT2D eigenvalue weighted by molar-refractivity contribution is 8.28. The summed E-state index contributed by atoms with van der Waals surface area (Å²) in [6.07, 6.45) is 0. The van der Waals surface area contributed by atoms with Gasteiger partial charge in [-0.3, -0.25) is 19.8 Å². The molecule has 7 nitrogen and oxygen atoms in total. The van der Waals surface area contributed by atoms with Crippen molar-refractivity contribution in [2.45, 2.75) is 18.7 Å². The van der Waals surface area contributed by atoms with Gasteiger partial charge in [0.05, 0.1) is 5.69 Å². The summed E-state index contributed by atoms with van der Waals surface area (Å²) in [5.41, 5.74) is 2.64. The van der Waals surface area contributed by atoms with Gasteiger partial charge in [-0.25, -0.2) is 4.98 Å². The van der Waals surface area contributed by atoms with E-state index in [2.05, 4.69) is 21.1 Å². The van der Waals surface area contributed by atoms with Crippen molar-refractivity contribution in [3.8, 4) is 17.2 Å². The van der Waals surface area contributed by atoms with Crippen molar-refractivity contribution >= 4 is 27.5 Å². The second-order valence-electron chi connectivity index (χ2n) is 7.63. The summed E-state index contributed by atoms with van der Waals surface area (Å²) < 4.78 is 11.7. The van der Waals surface area contributed by atoms with Crippen LogP contribution < -0.4 is 10.1 Å². The molecule has 2 aromatic carbocycles. The molecule has 2 heterocycles. The van der Waals surface area contributed by atoms with Crippen LogP contribution in [0.15, 0.2) is 59.0 Å². The number of hydrogen-bond donors (Lipinski definition) is 1. The molecule has 2 atom stereocenters. The number of amides is 2. The van der Waals surface area contributed by atoms with Gasteiger partial charge < -0.3 is 9.15 Å². The first-order valence-electron chi connectivity index (χ1n) is 10.2. The maximum absolute atomic E-state index is 12.0. The summed E-state index contributed by atoms with van der Waals surface area (Å²) in [5.74, 6) is 5.68. The highest BCUT2D eigenvalue weighted by Crippen LogP contribution is 2.39. The van der Waals surface area contributed by atoms with E-state index in [9.17, 15) is 9.59 Å². The lowest BCUT2D eigenvalue weighted by Gasteiger charge is -2.16. The molecule has 0 bridgehead atoms. The number of imide groups is 1. The maximum atomic E-state index is 12.0. The van der Waals surface area contributed by atoms with E-state index in [1.807, 2.05) is 68.6 Å². The summed E-state index contributed by atoms with van der Waals surface area (Å²) in [6.45, 7) is 3.79. The summed E-state index contributed by atoms with van der Waals surface area (Å²) in [4.78, 5) is 30.4. The molecule has 1 aliphatic heterocycles. The van der Waals surface area contributed by atoms with Crippen molar-refractivity contribution in [2.24, 2.45) is 0 Å². The Morgan fingerprint density at radius 3 is 2.53 bits per heavy atom. The number of hydrogen-bond acceptors (Lipinski definition) is 6. The van der Waals surface area contributed by atoms with E-state index >= 15 is 0 Å². The quantitative estimate of drug-likeness (QED) is 0.518. The summed E-state index contributed by atoms with van der Waals surface area (Å²) in [7, 11) is 1.11. The SMILES string of the molecule is C=S1C(=O)NC(=O)C1c1ccc(OCCN(C)Cc2nc(-c3ccccc3)oc2C)cc1. The van der Waals surface area contributed by atoms with Crippen molar-refractivity contribution < 1.29 is 18.7 Å². The van der Waals surface area contributed by atoms with Gasteiger partial charge in [-0.1, -0.05) is 46.7 Å². The standard InChI is InChI=1S/C24H25N3O4S/c1-16-20(25-23(31-16)18-7-5-4-6-8-18)15-27(2)13-14-30-19-11-9-17(10-12-19)21-22(28)26-24(29)32(21)3/h4-12,21H,3,13-15H2,1-2H3,(H,26,28,29). The minimum absolute atomic E-state index is 0.290. The number of benzene rings is 2. The van der Waals surface area contributed by atoms with Crippen LogP contribution in [0.3, 0.4) is 0 Å². The van der Waals surface area contributed by atoms with Crippen LogP contribution in [0.4, 0.5) is 4.79 Å². The maximum Gasteiger partial charge on any atom is 0.280 e. The van der Waals surface area contributed by atoms with E-state index in [1.54, 1.807) is 0 Å². The number of aromatic nitrogens is 1. The molecule has 1 aromatic heterocycles. The molecule has 1 aliphatic rings. The average Bonchev–Trinajstić information content (AvgIpc) is 3.27. The van der Waals surface area contributed by atoms with Gasteiger partial charge in [0.1, 0.15) is 23.4 Å². The lowest BCUT2D eigenvalue weighted by Crippen LogP contribution is -2.24. The molecule has 4 rings (SSSR count). The van der Waals surface area contributed by atoms with Crippen molar-refractivity contribution in [1.29, 1.82) is 0 Å². The Labute approximate surface area is 189 Å². The van der Waals surface area contributed by atoms with Crippen molar-refractivity contribution in [2.75, 3.05) is 20.2 Å². The first kappa shape index (κ1) is 22.0. The highest BCUT2D eigenvalue weighted by atomic mass is 32.2. The summed E-state index contributed by atoms with van der Waals surface area (Å²) >= 11 is 0. The molecule has 1 N–H and O–H groups in total. The third-order valence-electron chi connectivity index (χ3n) is 5.24. The molecular weight excluding hydrogens is 426 g/mol. The van der Waals surface area contributed by atoms with Crippen molar-refractivity contribution in [1.82, 2.24) is 15.2 Å². The Morgan fingerprint density at radius 2 is 1.88 bits per heavy atom. The minimum Gasteiger partial charge on any atom is -0.492 e. The van der Waals surface area contributed by atoms with Crippen LogP contribution >= 0.6 is 10.5 Å². The monoisotopic (exact) mass is 451 g/mol. The van der Waals surface area contributed by atoms with Gasteiger partial charge >= 0.3 is 0 Å². The molecule has 0 saturated carbocycles. The Hall–Kier alpha value is -3.23. The Balaban J connectivity index is 1.29. The van der Waals surface area contributed by atoms with E-state index in [0.717, 1.165) is 22.6 Å². The fourth-order valence-corrected chi connectivity index (χ4v) is 4.70. The smallest absolute Gasteiger partial charge is 0.280 e. The summed E-state index contributed by atoms with van der Waals surface area (Å²) in [5, 5.41) is 1.51. The topological polar surface area (TPSA) is 84.7 Å². The minimum atomic E-state index is -0.897. The third-order valence-corrected chi connectivity index (χ3v) is 6.88. The number of rotatable bonds is 8. The van der Waals surface area contributed by atoms with Gasteiger partial charge in [-0.15, -0.1) is 0 Å². The van der Waals surface area contributed by atoms with Crippen LogP contribution in [0.5, 0.6) is 5.75 Å². The lowest BCUT2D eigenvalue weighted by molar-refractivity contribution is -0.119. The van der Waals surface area contributed by atoms with E-state index < -0.39 is 15.7 Å². The van der Waals surface area contributed by atoms with Crippen molar-refractivity contribution in [3.63, 3.8) is 0 Å². The van der Waals surface area contributed by atoms with Crippen LogP contribution in [0.2, 0.25) is 0 Å². The first-order valence-corrected chi connectivity index (χ1v) is 11.7. The fourth-order valence-electron chi connectivity index (χ4n) is 3.46. The highest BCUT2D eigenvalue weighted by Gasteiger charge is 2.35. The molecule has 0 radical (unpaired) electrons. The number of nitrogens with one attached hydrogen (secondary N) is 1. The third kappa shape index (κ3) is 4.81. The van der Waals surface area contributed by atoms with E-state index in [1.165, 1.54) is 0 Å². The molecular formula is C24H25N3O4S. The molecule has 166 valence electrons. The molecule has 0 spiro atoms. The molecule has 0 aliphatic carbocycles. The number of ether oxygens (including phenoxy) is 1. The van der Waals surface area contributed by atoms with Gasteiger partial charge in [0.2, 0.25) is 11.8 Å². The van der Waals surface area contributed by atoms with Gasteiger partial charge in [0.15, 0.2) is 0 Å². The van der Waals surface area contributed by atoms with E-state index in [-0.39, 0.29) is 11.1 Å². The van der Waals surface area contributed by atoms with E-state index in [4.69, 9.17) is 9.15 Å². The second-order valence-corrected chi connectivity index (χ2v) is 9.33. The molecule has 1 fully saturated rings. The molecule has 3 aromatic rings. The number of aryl methyl sites for hydroxylation is 1. The van der Waals surface area contributed by atoms with Crippen LogP contribution in [0.1, 0.15) is 22.3 Å². The van der Waals surface area contributed by atoms with Crippen LogP contribution in [0, 0.1) is 6.92 Å². The Kier molecular flexibility index (Phi) is 6.53. The van der Waals surface area contributed by atoms with Crippen LogP contribution in [0.25, 0.3) is 11.5 Å². The first-order chi connectivity index (χ1) is 15.4. The predicted molar refractivity (Wildman–Crippen MR) is 126 cm³/mol. The number of carbonyl (C=O) groups excluding carboxylic acids is 2. The number of carbonyl (C=O) groups is 2. The van der Waals surface area contributed by atoms with Crippen LogP contribution in [-0.2, 0) is 11.3 Å². The van der Waals surface area contributed by atoms with Crippen molar-refractivity contribution in [3.05, 3.63) is 71.6 Å². The second kappa shape index (κ2) is 9.50. The molecule has 2 amide bonds. The lowest BCUT2D eigenvalue weighted by atomic mass is 10.1. The van der Waals surface area contributed by atoms with Gasteiger partial charge in [-0.2, -0.15) is 0 Å². The largest absolute Gasteiger partial charge is 0.492 e. The molecule has 1 saturated heterocycles. The molecule has 2 unspecified atom stereocenters. The zero-order valence-electron chi connectivity index (χ0n) is 18.0. The molecule has 32 heavy (non-hydrogen) atoms. The fraction of sp³-hybridized carbons (Fsp3) is 0.250. The Bertz CT molecular complexity index is 1140. The Morgan fingerprint density at radius 1 is 1.16 bits per heavy atom. The molecule has 8 heteroatoms. The van der Waals surface area contributed by atoms with Crippen LogP contribution in [-0.4, -0.2) is 47.1 Å². The number of likely N-dealkylation sites (N-methyl/N-ethyl adjacent to an activating group) is 1. The summed E-state index contributed by atoms with van der Waals surface area (Å²) in [6, 6.07) is 17.1. The predicted octanol–water partition coefficient (Wildman–Crippen LogP) is 4.15. The number of oxazole rings is 1. The van der Waals surface area contributed by atoms with E-state index in [0.29, 0.717) is 31.3 Å². The average molecular weight is 452 g/mol. The van der Waals surface area contributed by atoms with Gasteiger partial charge in [0.25, 0.3) is 5.24 Å².